The second-order valence-electron chi connectivity index (χ2n) is 2.48. The van der Waals surface area contributed by atoms with Crippen LogP contribution >= 0.6 is 11.8 Å². The van der Waals surface area contributed by atoms with Crippen LogP contribution in [-0.4, -0.2) is 9.97 Å². The van der Waals surface area contributed by atoms with Crippen molar-refractivity contribution < 1.29 is 0 Å². The number of anilines is 1. The molecule has 1 heterocycles. The smallest absolute Gasteiger partial charge is 0.138 e. The first-order valence-electron chi connectivity index (χ1n) is 3.60. The summed E-state index contributed by atoms with van der Waals surface area (Å²) in [6.45, 7) is 0. The van der Waals surface area contributed by atoms with E-state index in [1.807, 2.05) is 11.5 Å². The highest BCUT2D eigenvalue weighted by Gasteiger charge is 2.07. The van der Waals surface area contributed by atoms with Gasteiger partial charge in [0.2, 0.25) is 0 Å². The van der Waals surface area contributed by atoms with Crippen molar-refractivity contribution in [3.8, 4) is 5.40 Å². The van der Waals surface area contributed by atoms with Crippen LogP contribution in [-0.2, 0) is 0 Å². The molecule has 0 aliphatic rings. The van der Waals surface area contributed by atoms with Gasteiger partial charge in [0.05, 0.1) is 16.7 Å². The normalized spacial score (nSPS) is 10.1. The third-order valence-electron chi connectivity index (χ3n) is 1.72. The van der Waals surface area contributed by atoms with Gasteiger partial charge >= 0.3 is 0 Å². The average molecular weight is 190 g/mol. The first-order valence-corrected chi connectivity index (χ1v) is 4.42. The van der Waals surface area contributed by atoms with E-state index in [4.69, 9.17) is 11.0 Å². The number of nitrogens with one attached hydrogen (secondary N) is 1. The zero-order valence-electron chi connectivity index (χ0n) is 6.61. The Balaban J connectivity index is 2.74. The first-order chi connectivity index (χ1) is 6.33. The van der Waals surface area contributed by atoms with E-state index in [0.29, 0.717) is 5.69 Å². The fraction of sp³-hybridized carbons (Fsp3) is 0. The number of nitrogens with zero attached hydrogens (tertiary/aromatic N) is 2. The molecule has 0 amide bonds. The molecule has 0 radical (unpaired) electrons. The van der Waals surface area contributed by atoms with Crippen molar-refractivity contribution in [2.75, 3.05) is 5.73 Å². The Morgan fingerprint density at radius 3 is 3.15 bits per heavy atom. The number of benzene rings is 1. The second kappa shape index (κ2) is 2.99. The van der Waals surface area contributed by atoms with E-state index in [2.05, 4.69) is 9.97 Å². The summed E-state index contributed by atoms with van der Waals surface area (Å²) in [6, 6.07) is 3.61. The van der Waals surface area contributed by atoms with Crippen molar-refractivity contribution in [1.29, 1.82) is 5.26 Å². The number of nitrogen functional groups attached to an aromatic ring is 1. The molecule has 13 heavy (non-hydrogen) atoms. The Morgan fingerprint density at radius 1 is 1.54 bits per heavy atom. The quantitative estimate of drug-likeness (QED) is 0.407. The fourth-order valence-electron chi connectivity index (χ4n) is 1.15. The lowest BCUT2D eigenvalue weighted by molar-refractivity contribution is 1.33. The van der Waals surface area contributed by atoms with E-state index in [0.717, 1.165) is 27.7 Å². The van der Waals surface area contributed by atoms with Gasteiger partial charge in [-0.3, -0.25) is 0 Å². The number of hydrogen-bond donors (Lipinski definition) is 2. The molecule has 0 spiro atoms. The van der Waals surface area contributed by atoms with Crippen molar-refractivity contribution in [2.45, 2.75) is 4.90 Å². The molecule has 5 heteroatoms. The van der Waals surface area contributed by atoms with Gasteiger partial charge in [0.25, 0.3) is 0 Å². The summed E-state index contributed by atoms with van der Waals surface area (Å²) in [5.74, 6) is 0. The lowest BCUT2D eigenvalue weighted by atomic mass is 10.3. The number of nitrogens with two attached hydrogens (primary N) is 1. The lowest BCUT2D eigenvalue weighted by Gasteiger charge is -1.99. The van der Waals surface area contributed by atoms with Gasteiger partial charge in [0.15, 0.2) is 0 Å². The highest BCUT2D eigenvalue weighted by molar-refractivity contribution is 8.04. The number of nitriles is 1. The average Bonchev–Trinajstić information content (AvgIpc) is 2.58. The number of thiocyanates is 1. The van der Waals surface area contributed by atoms with E-state index in [9.17, 15) is 0 Å². The van der Waals surface area contributed by atoms with Gasteiger partial charge < -0.3 is 10.7 Å². The van der Waals surface area contributed by atoms with Gasteiger partial charge in [0.1, 0.15) is 10.9 Å². The Hall–Kier alpha value is -1.67. The number of H-pyrrole nitrogens is 1. The van der Waals surface area contributed by atoms with Gasteiger partial charge in [0, 0.05) is 5.69 Å². The van der Waals surface area contributed by atoms with E-state index in [1.54, 1.807) is 12.4 Å². The molecule has 0 aliphatic carbocycles. The predicted octanol–water partition coefficient (Wildman–Crippen LogP) is 1.72. The minimum absolute atomic E-state index is 0.589. The highest BCUT2D eigenvalue weighted by Crippen LogP contribution is 2.30. The van der Waals surface area contributed by atoms with Crippen molar-refractivity contribution in [1.82, 2.24) is 9.97 Å². The molecule has 4 nitrogen and oxygen atoms in total. The van der Waals surface area contributed by atoms with Crippen LogP contribution in [0.5, 0.6) is 0 Å². The molecular weight excluding hydrogens is 184 g/mol. The number of hydrogen-bond acceptors (Lipinski definition) is 4. The van der Waals surface area contributed by atoms with Crippen LogP contribution in [0.1, 0.15) is 0 Å². The van der Waals surface area contributed by atoms with Gasteiger partial charge in [-0.1, -0.05) is 0 Å². The summed E-state index contributed by atoms with van der Waals surface area (Å²) < 4.78 is 0. The Morgan fingerprint density at radius 2 is 2.38 bits per heavy atom. The molecule has 1 aromatic heterocycles. The van der Waals surface area contributed by atoms with Crippen LogP contribution in [0.3, 0.4) is 0 Å². The first kappa shape index (κ1) is 7.95. The number of rotatable bonds is 1. The van der Waals surface area contributed by atoms with Crippen LogP contribution in [0, 0.1) is 10.7 Å². The molecule has 3 N–H and O–H groups in total. The molecule has 2 aromatic rings. The molecule has 0 aliphatic heterocycles. The van der Waals surface area contributed by atoms with Crippen LogP contribution in [0.15, 0.2) is 23.4 Å². The summed E-state index contributed by atoms with van der Waals surface area (Å²) in [7, 11) is 0. The lowest BCUT2D eigenvalue weighted by Crippen LogP contribution is -1.88. The van der Waals surface area contributed by atoms with Crippen LogP contribution in [0.4, 0.5) is 5.69 Å². The van der Waals surface area contributed by atoms with Crippen molar-refractivity contribution in [2.24, 2.45) is 0 Å². The van der Waals surface area contributed by atoms with E-state index in [-0.39, 0.29) is 0 Å². The summed E-state index contributed by atoms with van der Waals surface area (Å²) in [5.41, 5.74) is 7.95. The number of aromatic amines is 1. The number of fused-ring (bicyclic) bond motifs is 1. The molecule has 0 atom stereocenters. The minimum Gasteiger partial charge on any atom is -0.398 e. The maximum Gasteiger partial charge on any atom is 0.138 e. The largest absolute Gasteiger partial charge is 0.398 e. The monoisotopic (exact) mass is 190 g/mol. The van der Waals surface area contributed by atoms with E-state index >= 15 is 0 Å². The summed E-state index contributed by atoms with van der Waals surface area (Å²) in [5, 5.41) is 10.6. The van der Waals surface area contributed by atoms with Gasteiger partial charge in [-0.25, -0.2) is 4.98 Å². The number of aromatic nitrogens is 2. The summed E-state index contributed by atoms with van der Waals surface area (Å²) >= 11 is 1.03. The SMILES string of the molecule is N#CSc1c(N)ccc2[nH]cnc12. The number of imidazole rings is 1. The zero-order chi connectivity index (χ0) is 9.26. The zero-order valence-corrected chi connectivity index (χ0v) is 7.43. The molecule has 0 saturated carbocycles. The predicted molar refractivity (Wildman–Crippen MR) is 52.0 cm³/mol. The maximum atomic E-state index is 8.56. The van der Waals surface area contributed by atoms with E-state index < -0.39 is 0 Å². The molecule has 0 fully saturated rings. The third-order valence-corrected chi connectivity index (χ3v) is 2.45. The summed E-state index contributed by atoms with van der Waals surface area (Å²) in [6.07, 6.45) is 1.59. The Bertz CT molecular complexity index is 482. The minimum atomic E-state index is 0.589. The Kier molecular flexibility index (Phi) is 1.83. The molecule has 0 bridgehead atoms. The topological polar surface area (TPSA) is 78.5 Å². The molecule has 2 rings (SSSR count). The van der Waals surface area contributed by atoms with Crippen molar-refractivity contribution >= 4 is 28.5 Å². The third kappa shape index (κ3) is 1.21. The maximum absolute atomic E-state index is 8.56. The van der Waals surface area contributed by atoms with Crippen molar-refractivity contribution in [3.05, 3.63) is 18.5 Å². The van der Waals surface area contributed by atoms with Gasteiger partial charge in [-0.05, 0) is 23.9 Å². The van der Waals surface area contributed by atoms with Crippen molar-refractivity contribution in [3.63, 3.8) is 0 Å². The Labute approximate surface area is 78.8 Å². The molecule has 0 unspecified atom stereocenters. The van der Waals surface area contributed by atoms with Gasteiger partial charge in [-0.2, -0.15) is 5.26 Å². The molecule has 1 aromatic carbocycles. The highest BCUT2D eigenvalue weighted by atomic mass is 32.2. The van der Waals surface area contributed by atoms with Crippen LogP contribution in [0.2, 0.25) is 0 Å². The van der Waals surface area contributed by atoms with Gasteiger partial charge in [-0.15, -0.1) is 0 Å². The van der Waals surface area contributed by atoms with E-state index in [1.165, 1.54) is 0 Å². The number of thioether (sulfide) groups is 1. The fourth-order valence-corrected chi connectivity index (χ4v) is 1.69. The van der Waals surface area contributed by atoms with Crippen LogP contribution in [0.25, 0.3) is 11.0 Å². The standard InChI is InChI=1S/C8H6N4S/c9-3-13-8-5(10)1-2-6-7(8)12-4-11-6/h1-2,4H,10H2,(H,11,12). The van der Waals surface area contributed by atoms with Crippen LogP contribution < -0.4 is 5.73 Å². The molecule has 64 valence electrons. The summed E-state index contributed by atoms with van der Waals surface area (Å²) in [4.78, 5) is 7.77. The second-order valence-corrected chi connectivity index (χ2v) is 3.27. The molecular formula is C8H6N4S. The molecule has 0 saturated heterocycles.